The minimum absolute atomic E-state index is 0.124. The Morgan fingerprint density at radius 3 is 2.59 bits per heavy atom. The molecule has 0 amide bonds. The molecule has 96 valence electrons. The van der Waals surface area contributed by atoms with Crippen LogP contribution in [0.4, 0.5) is 4.39 Å². The average Bonchev–Trinajstić information content (AvgIpc) is 2.28. The molecule has 17 heavy (non-hydrogen) atoms. The van der Waals surface area contributed by atoms with Crippen LogP contribution in [0.3, 0.4) is 0 Å². The third-order valence-electron chi connectivity index (χ3n) is 3.09. The maximum Gasteiger partial charge on any atom is 0.126 e. The molecule has 1 unspecified atom stereocenters. The molecule has 0 bridgehead atoms. The van der Waals surface area contributed by atoms with Gasteiger partial charge in [-0.25, -0.2) is 4.39 Å². The zero-order valence-corrected chi connectivity index (χ0v) is 11.3. The minimum Gasteiger partial charge on any atom is -0.320 e. The summed E-state index contributed by atoms with van der Waals surface area (Å²) in [5, 5.41) is 3.16. The van der Waals surface area contributed by atoms with Crippen molar-refractivity contribution in [1.29, 1.82) is 0 Å². The highest BCUT2D eigenvalue weighted by molar-refractivity contribution is 5.26. The highest BCUT2D eigenvalue weighted by Gasteiger charge is 2.14. The molecule has 1 aromatic rings. The van der Waals surface area contributed by atoms with Crippen LogP contribution in [0.25, 0.3) is 0 Å². The van der Waals surface area contributed by atoms with Gasteiger partial charge in [0.2, 0.25) is 0 Å². The van der Waals surface area contributed by atoms with Crippen LogP contribution in [0.1, 0.15) is 30.0 Å². The second-order valence-electron chi connectivity index (χ2n) is 4.73. The predicted octanol–water partition coefficient (Wildman–Crippen LogP) is 2.74. The van der Waals surface area contributed by atoms with Crippen molar-refractivity contribution in [1.82, 2.24) is 10.2 Å². The van der Waals surface area contributed by atoms with E-state index in [4.69, 9.17) is 0 Å². The summed E-state index contributed by atoms with van der Waals surface area (Å²) < 4.78 is 13.2. The van der Waals surface area contributed by atoms with E-state index in [0.717, 1.165) is 24.9 Å². The van der Waals surface area contributed by atoms with E-state index in [9.17, 15) is 4.39 Å². The van der Waals surface area contributed by atoms with Crippen LogP contribution in [-0.2, 0) is 0 Å². The van der Waals surface area contributed by atoms with Crippen LogP contribution in [0, 0.1) is 12.7 Å². The third kappa shape index (κ3) is 4.10. The van der Waals surface area contributed by atoms with Crippen LogP contribution in [0.15, 0.2) is 18.2 Å². The van der Waals surface area contributed by atoms with Crippen molar-refractivity contribution >= 4 is 0 Å². The van der Waals surface area contributed by atoms with Crippen molar-refractivity contribution in [3.63, 3.8) is 0 Å². The Balaban J connectivity index is 2.78. The maximum atomic E-state index is 13.2. The van der Waals surface area contributed by atoms with Gasteiger partial charge in [-0.1, -0.05) is 12.1 Å². The molecular formula is C14H23FN2. The Hall–Kier alpha value is -0.930. The summed E-state index contributed by atoms with van der Waals surface area (Å²) in [4.78, 5) is 2.20. The molecule has 1 atom stereocenters. The molecule has 0 aliphatic heterocycles. The zero-order valence-electron chi connectivity index (χ0n) is 11.3. The monoisotopic (exact) mass is 238 g/mol. The van der Waals surface area contributed by atoms with Gasteiger partial charge in [0, 0.05) is 6.04 Å². The number of aryl methyl sites for hydroxylation is 1. The normalized spacial score (nSPS) is 13.1. The molecule has 0 spiro atoms. The maximum absolute atomic E-state index is 13.2. The van der Waals surface area contributed by atoms with Crippen molar-refractivity contribution in [3.8, 4) is 0 Å². The summed E-state index contributed by atoms with van der Waals surface area (Å²) in [6.45, 7) is 2.84. The second-order valence-corrected chi connectivity index (χ2v) is 4.73. The molecule has 0 saturated heterocycles. The zero-order chi connectivity index (χ0) is 12.8. The van der Waals surface area contributed by atoms with Crippen molar-refractivity contribution in [2.24, 2.45) is 0 Å². The van der Waals surface area contributed by atoms with Crippen LogP contribution in [0.5, 0.6) is 0 Å². The van der Waals surface area contributed by atoms with Crippen molar-refractivity contribution in [2.75, 3.05) is 27.7 Å². The van der Waals surface area contributed by atoms with E-state index in [2.05, 4.69) is 24.3 Å². The molecule has 0 aromatic heterocycles. The summed E-state index contributed by atoms with van der Waals surface area (Å²) in [6, 6.07) is 5.79. The van der Waals surface area contributed by atoms with Gasteiger partial charge < -0.3 is 10.2 Å². The van der Waals surface area contributed by atoms with Crippen LogP contribution in [-0.4, -0.2) is 32.6 Å². The molecule has 0 fully saturated rings. The predicted molar refractivity (Wildman–Crippen MR) is 70.7 cm³/mol. The van der Waals surface area contributed by atoms with Crippen LogP contribution in [0.2, 0.25) is 0 Å². The first kappa shape index (κ1) is 14.1. The molecule has 0 heterocycles. The summed E-state index contributed by atoms with van der Waals surface area (Å²) >= 11 is 0. The van der Waals surface area contributed by atoms with Gasteiger partial charge in [0.25, 0.3) is 0 Å². The van der Waals surface area contributed by atoms with Crippen LogP contribution < -0.4 is 5.32 Å². The lowest BCUT2D eigenvalue weighted by Gasteiger charge is -2.25. The number of rotatable bonds is 6. The Kier molecular flexibility index (Phi) is 5.59. The summed E-state index contributed by atoms with van der Waals surface area (Å²) in [7, 11) is 6.11. The summed E-state index contributed by atoms with van der Waals surface area (Å²) in [5.41, 5.74) is 1.92. The number of nitrogens with zero attached hydrogens (tertiary/aromatic N) is 1. The topological polar surface area (TPSA) is 15.3 Å². The largest absolute Gasteiger partial charge is 0.320 e. The van der Waals surface area contributed by atoms with E-state index in [1.165, 1.54) is 5.56 Å². The molecule has 2 nitrogen and oxygen atoms in total. The highest BCUT2D eigenvalue weighted by atomic mass is 19.1. The Morgan fingerprint density at radius 1 is 1.35 bits per heavy atom. The fourth-order valence-corrected chi connectivity index (χ4v) is 2.07. The first-order valence-electron chi connectivity index (χ1n) is 6.13. The smallest absolute Gasteiger partial charge is 0.126 e. The fraction of sp³-hybridized carbons (Fsp3) is 0.571. The molecule has 1 aromatic carbocycles. The Bertz CT molecular complexity index is 350. The number of hydrogen-bond acceptors (Lipinski definition) is 2. The lowest BCUT2D eigenvalue weighted by atomic mass is 9.99. The van der Waals surface area contributed by atoms with Gasteiger partial charge in [-0.15, -0.1) is 0 Å². The lowest BCUT2D eigenvalue weighted by Crippen LogP contribution is -2.21. The van der Waals surface area contributed by atoms with E-state index in [1.807, 2.05) is 26.1 Å². The summed E-state index contributed by atoms with van der Waals surface area (Å²) in [6.07, 6.45) is 2.20. The first-order chi connectivity index (χ1) is 8.06. The number of nitrogens with one attached hydrogen (secondary N) is 1. The van der Waals surface area contributed by atoms with E-state index >= 15 is 0 Å². The van der Waals surface area contributed by atoms with Gasteiger partial charge in [-0.2, -0.15) is 0 Å². The van der Waals surface area contributed by atoms with E-state index < -0.39 is 0 Å². The fourth-order valence-electron chi connectivity index (χ4n) is 2.07. The SMILES string of the molecule is CNCCCC(c1ccc(F)c(C)c1)N(C)C. The third-order valence-corrected chi connectivity index (χ3v) is 3.09. The van der Waals surface area contributed by atoms with Crippen molar-refractivity contribution in [3.05, 3.63) is 35.1 Å². The molecule has 1 rings (SSSR count). The van der Waals surface area contributed by atoms with Gasteiger partial charge in [0.1, 0.15) is 5.82 Å². The summed E-state index contributed by atoms with van der Waals surface area (Å²) in [5.74, 6) is -0.124. The molecule has 0 saturated carbocycles. The average molecular weight is 238 g/mol. The van der Waals surface area contributed by atoms with Gasteiger partial charge in [0.15, 0.2) is 0 Å². The minimum atomic E-state index is -0.124. The molecule has 0 aliphatic rings. The standard InChI is InChI=1S/C14H23FN2/c1-11-10-12(7-8-13(11)15)14(17(3)4)6-5-9-16-2/h7-8,10,14,16H,5-6,9H2,1-4H3. The highest BCUT2D eigenvalue weighted by Crippen LogP contribution is 2.24. The van der Waals surface area contributed by atoms with Gasteiger partial charge in [0.05, 0.1) is 0 Å². The number of halogens is 1. The number of hydrogen-bond donors (Lipinski definition) is 1. The van der Waals surface area contributed by atoms with Gasteiger partial charge >= 0.3 is 0 Å². The molecule has 1 N–H and O–H groups in total. The second kappa shape index (κ2) is 6.72. The Morgan fingerprint density at radius 2 is 2.06 bits per heavy atom. The van der Waals surface area contributed by atoms with E-state index in [0.29, 0.717) is 6.04 Å². The molecule has 3 heteroatoms. The van der Waals surface area contributed by atoms with Crippen LogP contribution >= 0.6 is 0 Å². The van der Waals surface area contributed by atoms with Crippen molar-refractivity contribution < 1.29 is 4.39 Å². The van der Waals surface area contributed by atoms with Gasteiger partial charge in [-0.3, -0.25) is 0 Å². The quantitative estimate of drug-likeness (QED) is 0.767. The first-order valence-corrected chi connectivity index (χ1v) is 6.13. The number of benzene rings is 1. The molecular weight excluding hydrogens is 215 g/mol. The molecule has 0 aliphatic carbocycles. The Labute approximate surface area is 104 Å². The lowest BCUT2D eigenvalue weighted by molar-refractivity contribution is 0.278. The van der Waals surface area contributed by atoms with E-state index in [-0.39, 0.29) is 5.82 Å². The van der Waals surface area contributed by atoms with Gasteiger partial charge in [-0.05, 0) is 64.6 Å². The molecule has 0 radical (unpaired) electrons. The van der Waals surface area contributed by atoms with Crippen molar-refractivity contribution in [2.45, 2.75) is 25.8 Å². The van der Waals surface area contributed by atoms with E-state index in [1.54, 1.807) is 6.07 Å².